The van der Waals surface area contributed by atoms with Crippen molar-refractivity contribution in [2.24, 2.45) is 10.9 Å². The Morgan fingerprint density at radius 3 is 2.60 bits per heavy atom. The van der Waals surface area contributed by atoms with Crippen LogP contribution in [0.3, 0.4) is 0 Å². The molecule has 3 aromatic rings. The first-order chi connectivity index (χ1) is 11.8. The highest BCUT2D eigenvalue weighted by molar-refractivity contribution is 7.10. The summed E-state index contributed by atoms with van der Waals surface area (Å²) in [6, 6.07) is 3.84. The Hall–Kier alpha value is -2.87. The SMILES string of the molecule is Cc1csc(C)c1-c1c(/C(N)=N/O)c(C)nn1-c1ccc(O)cc1F. The first kappa shape index (κ1) is 17.0. The second kappa shape index (κ2) is 6.21. The molecule has 3 rings (SSSR count). The zero-order chi connectivity index (χ0) is 18.3. The quantitative estimate of drug-likeness (QED) is 0.288. The van der Waals surface area contributed by atoms with E-state index in [1.54, 1.807) is 18.3 Å². The lowest BCUT2D eigenvalue weighted by atomic mass is 10.0. The lowest BCUT2D eigenvalue weighted by molar-refractivity contribution is 0.318. The van der Waals surface area contributed by atoms with E-state index in [0.29, 0.717) is 17.0 Å². The van der Waals surface area contributed by atoms with Crippen LogP contribution in [0.5, 0.6) is 5.75 Å². The second-order valence-electron chi connectivity index (χ2n) is 5.69. The van der Waals surface area contributed by atoms with Gasteiger partial charge in [0.2, 0.25) is 0 Å². The van der Waals surface area contributed by atoms with Crippen LogP contribution < -0.4 is 5.73 Å². The zero-order valence-corrected chi connectivity index (χ0v) is 14.7. The Morgan fingerprint density at radius 2 is 2.04 bits per heavy atom. The molecule has 8 heteroatoms. The van der Waals surface area contributed by atoms with E-state index in [9.17, 15) is 9.50 Å². The molecule has 130 valence electrons. The summed E-state index contributed by atoms with van der Waals surface area (Å²) in [6.45, 7) is 5.60. The molecule has 0 aliphatic rings. The van der Waals surface area contributed by atoms with Crippen molar-refractivity contribution in [2.75, 3.05) is 0 Å². The van der Waals surface area contributed by atoms with Gasteiger partial charge in [0.25, 0.3) is 0 Å². The number of nitrogens with zero attached hydrogens (tertiary/aromatic N) is 3. The van der Waals surface area contributed by atoms with Gasteiger partial charge in [0.15, 0.2) is 11.7 Å². The molecule has 6 nitrogen and oxygen atoms in total. The van der Waals surface area contributed by atoms with Crippen LogP contribution in [-0.2, 0) is 0 Å². The van der Waals surface area contributed by atoms with Gasteiger partial charge in [-0.25, -0.2) is 9.07 Å². The van der Waals surface area contributed by atoms with Gasteiger partial charge in [0.05, 0.1) is 17.0 Å². The lowest BCUT2D eigenvalue weighted by Gasteiger charge is -2.12. The molecule has 0 amide bonds. The van der Waals surface area contributed by atoms with Gasteiger partial charge in [-0.3, -0.25) is 0 Å². The topological polar surface area (TPSA) is 96.7 Å². The molecule has 0 fully saturated rings. The number of oxime groups is 1. The number of phenolic OH excluding ortho intramolecular Hbond substituents is 1. The lowest BCUT2D eigenvalue weighted by Crippen LogP contribution is -2.15. The van der Waals surface area contributed by atoms with Crippen LogP contribution in [0.25, 0.3) is 16.9 Å². The van der Waals surface area contributed by atoms with E-state index >= 15 is 0 Å². The van der Waals surface area contributed by atoms with Crippen LogP contribution in [0.1, 0.15) is 21.7 Å². The molecule has 2 aromatic heterocycles. The van der Waals surface area contributed by atoms with Crippen molar-refractivity contribution in [2.45, 2.75) is 20.8 Å². The number of hydrogen-bond donors (Lipinski definition) is 3. The molecular formula is C17H17FN4O2S. The van der Waals surface area contributed by atoms with Crippen molar-refractivity contribution >= 4 is 17.2 Å². The number of phenols is 1. The Balaban J connectivity index is 2.41. The Labute approximate surface area is 147 Å². The molecule has 0 bridgehead atoms. The van der Waals surface area contributed by atoms with Crippen molar-refractivity contribution in [1.82, 2.24) is 9.78 Å². The van der Waals surface area contributed by atoms with Crippen molar-refractivity contribution in [3.63, 3.8) is 0 Å². The highest BCUT2D eigenvalue weighted by atomic mass is 32.1. The average molecular weight is 360 g/mol. The van der Waals surface area contributed by atoms with E-state index in [2.05, 4.69) is 10.3 Å². The summed E-state index contributed by atoms with van der Waals surface area (Å²) >= 11 is 1.56. The van der Waals surface area contributed by atoms with Gasteiger partial charge < -0.3 is 16.0 Å². The summed E-state index contributed by atoms with van der Waals surface area (Å²) in [7, 11) is 0. The molecule has 2 heterocycles. The van der Waals surface area contributed by atoms with Crippen molar-refractivity contribution in [3.05, 3.63) is 51.1 Å². The fraction of sp³-hybridized carbons (Fsp3) is 0.176. The molecule has 0 atom stereocenters. The summed E-state index contributed by atoms with van der Waals surface area (Å²) in [5.74, 6) is -0.894. The fourth-order valence-electron chi connectivity index (χ4n) is 2.88. The summed E-state index contributed by atoms with van der Waals surface area (Å²) < 4.78 is 15.9. The van der Waals surface area contributed by atoms with Crippen molar-refractivity contribution in [3.8, 4) is 22.7 Å². The van der Waals surface area contributed by atoms with Crippen LogP contribution in [0.4, 0.5) is 4.39 Å². The van der Waals surface area contributed by atoms with E-state index in [-0.39, 0.29) is 17.3 Å². The summed E-state index contributed by atoms with van der Waals surface area (Å²) in [4.78, 5) is 1.00. The molecule has 0 radical (unpaired) electrons. The number of halogens is 1. The summed E-state index contributed by atoms with van der Waals surface area (Å²) in [5.41, 5.74) is 9.38. The Morgan fingerprint density at radius 1 is 1.32 bits per heavy atom. The second-order valence-corrected chi connectivity index (χ2v) is 6.78. The first-order valence-corrected chi connectivity index (χ1v) is 8.34. The standard InChI is InChI=1S/C17H17FN4O2S/c1-8-7-25-10(3)14(8)16-15(17(19)21-24)9(2)20-22(16)13-5-4-11(23)6-12(13)18/h4-7,23-24H,1-3H3,(H2,19,21). The molecule has 0 spiro atoms. The molecule has 1 aromatic carbocycles. The number of benzene rings is 1. The van der Waals surface area contributed by atoms with E-state index in [1.807, 2.05) is 19.2 Å². The van der Waals surface area contributed by atoms with Gasteiger partial charge in [-0.2, -0.15) is 5.10 Å². The minimum Gasteiger partial charge on any atom is -0.508 e. The maximum atomic E-state index is 14.5. The third-order valence-corrected chi connectivity index (χ3v) is 5.01. The van der Waals surface area contributed by atoms with Crippen LogP contribution in [0, 0.1) is 26.6 Å². The first-order valence-electron chi connectivity index (χ1n) is 7.46. The zero-order valence-electron chi connectivity index (χ0n) is 13.9. The van der Waals surface area contributed by atoms with Crippen LogP contribution in [0.15, 0.2) is 28.7 Å². The van der Waals surface area contributed by atoms with Gasteiger partial charge in [0, 0.05) is 16.5 Å². The normalized spacial score (nSPS) is 11.9. The third-order valence-electron chi connectivity index (χ3n) is 3.98. The molecule has 0 saturated heterocycles. The molecule has 0 unspecified atom stereocenters. The number of rotatable bonds is 3. The monoisotopic (exact) mass is 360 g/mol. The van der Waals surface area contributed by atoms with Crippen LogP contribution in [-0.4, -0.2) is 25.9 Å². The van der Waals surface area contributed by atoms with Crippen molar-refractivity contribution in [1.29, 1.82) is 0 Å². The van der Waals surface area contributed by atoms with Gasteiger partial charge in [0.1, 0.15) is 11.4 Å². The predicted octanol–water partition coefficient (Wildman–Crippen LogP) is 3.47. The molecule has 0 aliphatic carbocycles. The number of nitrogens with two attached hydrogens (primary N) is 1. The van der Waals surface area contributed by atoms with E-state index in [0.717, 1.165) is 22.1 Å². The van der Waals surface area contributed by atoms with Crippen molar-refractivity contribution < 1.29 is 14.7 Å². The Kier molecular flexibility index (Phi) is 4.22. The minimum atomic E-state index is -0.625. The van der Waals surface area contributed by atoms with Gasteiger partial charge in [-0.05, 0) is 43.8 Å². The minimum absolute atomic E-state index is 0.0945. The number of aryl methyl sites for hydroxylation is 3. The highest BCUT2D eigenvalue weighted by Gasteiger charge is 2.25. The summed E-state index contributed by atoms with van der Waals surface area (Å²) in [5, 5.41) is 28.1. The number of aromatic nitrogens is 2. The molecule has 0 saturated carbocycles. The number of thiophene rings is 1. The summed E-state index contributed by atoms with van der Waals surface area (Å²) in [6.07, 6.45) is 0. The third kappa shape index (κ3) is 2.74. The largest absolute Gasteiger partial charge is 0.508 e. The van der Waals surface area contributed by atoms with E-state index < -0.39 is 5.82 Å². The van der Waals surface area contributed by atoms with Gasteiger partial charge >= 0.3 is 0 Å². The maximum absolute atomic E-state index is 14.5. The fourth-order valence-corrected chi connectivity index (χ4v) is 3.73. The number of amidine groups is 1. The molecule has 0 aliphatic heterocycles. The molecule has 4 N–H and O–H groups in total. The predicted molar refractivity (Wildman–Crippen MR) is 95.2 cm³/mol. The number of hydrogen-bond acceptors (Lipinski definition) is 5. The van der Waals surface area contributed by atoms with Crippen LogP contribution >= 0.6 is 11.3 Å². The molecule has 25 heavy (non-hydrogen) atoms. The smallest absolute Gasteiger partial charge is 0.174 e. The average Bonchev–Trinajstić information content (AvgIpc) is 3.06. The Bertz CT molecular complexity index is 971. The van der Waals surface area contributed by atoms with Gasteiger partial charge in [-0.15, -0.1) is 11.3 Å². The van der Waals surface area contributed by atoms with E-state index in [1.165, 1.54) is 16.8 Å². The number of aromatic hydroxyl groups is 1. The van der Waals surface area contributed by atoms with E-state index in [4.69, 9.17) is 10.9 Å². The van der Waals surface area contributed by atoms with Crippen LogP contribution in [0.2, 0.25) is 0 Å². The maximum Gasteiger partial charge on any atom is 0.174 e. The van der Waals surface area contributed by atoms with Gasteiger partial charge in [-0.1, -0.05) is 5.16 Å². The molecular weight excluding hydrogens is 343 g/mol. The highest BCUT2D eigenvalue weighted by Crippen LogP contribution is 2.37.